The number of hydrogen-bond acceptors (Lipinski definition) is 5. The van der Waals surface area contributed by atoms with Gasteiger partial charge in [-0.25, -0.2) is 4.79 Å². The maximum atomic E-state index is 12.8. The minimum Gasteiger partial charge on any atom is -0.481 e. The van der Waals surface area contributed by atoms with E-state index in [1.165, 1.54) is 0 Å². The largest absolute Gasteiger partial charge is 0.481 e. The maximum absolute atomic E-state index is 12.8. The summed E-state index contributed by atoms with van der Waals surface area (Å²) < 4.78 is 11.2. The Morgan fingerprint density at radius 3 is 2.26 bits per heavy atom. The van der Waals surface area contributed by atoms with E-state index in [9.17, 15) is 19.5 Å². The number of benzene rings is 2. The second-order valence-corrected chi connectivity index (χ2v) is 9.67. The third-order valence-electron chi connectivity index (χ3n) is 7.61. The van der Waals surface area contributed by atoms with Crippen LogP contribution < -0.4 is 10.6 Å². The maximum Gasteiger partial charge on any atom is 0.407 e. The summed E-state index contributed by atoms with van der Waals surface area (Å²) in [4.78, 5) is 37.2. The molecule has 184 valence electrons. The molecule has 8 heteroatoms. The molecular formula is C27H30N2O6. The second-order valence-electron chi connectivity index (χ2n) is 9.67. The third kappa shape index (κ3) is 4.50. The van der Waals surface area contributed by atoms with Crippen molar-refractivity contribution in [2.24, 2.45) is 5.41 Å². The van der Waals surface area contributed by atoms with Crippen LogP contribution in [-0.2, 0) is 19.1 Å². The van der Waals surface area contributed by atoms with Crippen molar-refractivity contribution in [3.8, 4) is 11.1 Å². The Balaban J connectivity index is 1.17. The lowest BCUT2D eigenvalue weighted by molar-refractivity contribution is -0.148. The highest BCUT2D eigenvalue weighted by Gasteiger charge is 2.43. The van der Waals surface area contributed by atoms with Gasteiger partial charge in [0, 0.05) is 19.1 Å². The summed E-state index contributed by atoms with van der Waals surface area (Å²) >= 11 is 0. The molecule has 0 radical (unpaired) electrons. The molecule has 0 spiro atoms. The summed E-state index contributed by atoms with van der Waals surface area (Å²) in [7, 11) is 0. The quantitative estimate of drug-likeness (QED) is 0.562. The van der Waals surface area contributed by atoms with Crippen molar-refractivity contribution in [2.75, 3.05) is 19.8 Å². The van der Waals surface area contributed by atoms with E-state index in [1.807, 2.05) is 24.3 Å². The molecule has 1 saturated heterocycles. The molecule has 5 rings (SSSR count). The van der Waals surface area contributed by atoms with E-state index in [0.29, 0.717) is 25.9 Å². The number of hydrogen-bond donors (Lipinski definition) is 3. The predicted octanol–water partition coefficient (Wildman–Crippen LogP) is 3.44. The molecule has 1 saturated carbocycles. The first kappa shape index (κ1) is 23.4. The first-order valence-corrected chi connectivity index (χ1v) is 12.2. The van der Waals surface area contributed by atoms with Gasteiger partial charge in [-0.3, -0.25) is 9.59 Å². The van der Waals surface area contributed by atoms with Gasteiger partial charge in [-0.05, 0) is 41.5 Å². The Hall–Kier alpha value is -3.39. The number of carbonyl (C=O) groups excluding carboxylic acids is 2. The molecule has 2 aromatic carbocycles. The van der Waals surface area contributed by atoms with Crippen molar-refractivity contribution in [1.82, 2.24) is 10.6 Å². The molecule has 2 aromatic rings. The van der Waals surface area contributed by atoms with E-state index in [4.69, 9.17) is 9.47 Å². The summed E-state index contributed by atoms with van der Waals surface area (Å²) in [5.41, 5.74) is 3.65. The van der Waals surface area contributed by atoms with Gasteiger partial charge in [0.15, 0.2) is 6.10 Å². The molecule has 3 aliphatic rings. The molecule has 3 N–H and O–H groups in total. The zero-order valence-electron chi connectivity index (χ0n) is 19.5. The van der Waals surface area contributed by atoms with Gasteiger partial charge in [0.1, 0.15) is 6.61 Å². The smallest absolute Gasteiger partial charge is 0.407 e. The fourth-order valence-electron chi connectivity index (χ4n) is 5.66. The van der Waals surface area contributed by atoms with Crippen LogP contribution in [0.3, 0.4) is 0 Å². The second kappa shape index (κ2) is 9.70. The molecular weight excluding hydrogens is 448 g/mol. The number of nitrogens with one attached hydrogen (secondary N) is 2. The van der Waals surface area contributed by atoms with Gasteiger partial charge in [0.25, 0.3) is 5.91 Å². The molecule has 8 nitrogen and oxygen atoms in total. The zero-order valence-corrected chi connectivity index (χ0v) is 19.5. The van der Waals surface area contributed by atoms with E-state index in [0.717, 1.165) is 35.1 Å². The predicted molar refractivity (Wildman–Crippen MR) is 128 cm³/mol. The van der Waals surface area contributed by atoms with Gasteiger partial charge >= 0.3 is 12.1 Å². The van der Waals surface area contributed by atoms with E-state index in [-0.39, 0.29) is 19.1 Å². The Bertz CT molecular complexity index is 1080. The number of aliphatic carboxylic acids is 1. The topological polar surface area (TPSA) is 114 Å². The standard InChI is InChI=1S/C27H30N2O6/c30-24(28-16-27(25(31)32)12-5-6-13-27)23-22(11-14-34-23)29-26(33)35-15-21-19-9-3-1-7-17(19)18-8-2-4-10-20(18)21/h1-4,7-10,21-23H,5-6,11-16H2,(H,28,30)(H,29,33)(H,31,32)/t22-,23+/m0/s1. The summed E-state index contributed by atoms with van der Waals surface area (Å²) in [6, 6.07) is 15.7. The lowest BCUT2D eigenvalue weighted by Crippen LogP contribution is -2.51. The highest BCUT2D eigenvalue weighted by Crippen LogP contribution is 2.44. The van der Waals surface area contributed by atoms with E-state index in [2.05, 4.69) is 34.9 Å². The Morgan fingerprint density at radius 2 is 1.63 bits per heavy atom. The molecule has 2 atom stereocenters. The molecule has 0 aromatic heterocycles. The van der Waals surface area contributed by atoms with Crippen molar-refractivity contribution >= 4 is 18.0 Å². The molecule has 1 heterocycles. The van der Waals surface area contributed by atoms with Crippen molar-refractivity contribution in [2.45, 2.75) is 50.2 Å². The van der Waals surface area contributed by atoms with Crippen LogP contribution in [0.25, 0.3) is 11.1 Å². The molecule has 2 amide bonds. The van der Waals surface area contributed by atoms with Crippen LogP contribution in [0.5, 0.6) is 0 Å². The van der Waals surface area contributed by atoms with Gasteiger partial charge in [0.05, 0.1) is 11.5 Å². The Kier molecular flexibility index (Phi) is 6.47. The number of carboxylic acids is 1. The number of carboxylic acid groups (broad SMARTS) is 1. The van der Waals surface area contributed by atoms with E-state index in [1.54, 1.807) is 0 Å². The van der Waals surface area contributed by atoms with Gasteiger partial charge in [-0.1, -0.05) is 61.4 Å². The van der Waals surface area contributed by atoms with Crippen molar-refractivity contribution in [3.63, 3.8) is 0 Å². The average Bonchev–Trinajstić information content (AvgIpc) is 3.60. The van der Waals surface area contributed by atoms with Crippen molar-refractivity contribution < 1.29 is 29.0 Å². The van der Waals surface area contributed by atoms with E-state index < -0.39 is 35.5 Å². The van der Waals surface area contributed by atoms with Crippen LogP contribution in [0.4, 0.5) is 4.79 Å². The molecule has 1 aliphatic heterocycles. The number of rotatable bonds is 7. The SMILES string of the molecule is O=C(N[C@H]1CCO[C@H]1C(=O)NCC1(C(=O)O)CCCC1)OCC1c2ccccc2-c2ccccc21. The third-order valence-corrected chi connectivity index (χ3v) is 7.61. The van der Waals surface area contributed by atoms with Crippen molar-refractivity contribution in [1.29, 1.82) is 0 Å². The molecule has 0 unspecified atom stereocenters. The van der Waals surface area contributed by atoms with Crippen LogP contribution in [0, 0.1) is 5.41 Å². The molecule has 35 heavy (non-hydrogen) atoms. The fourth-order valence-corrected chi connectivity index (χ4v) is 5.66. The first-order valence-electron chi connectivity index (χ1n) is 12.2. The summed E-state index contributed by atoms with van der Waals surface area (Å²) in [5.74, 6) is -1.33. The minimum atomic E-state index is -0.913. The normalized spacial score (nSPS) is 22.3. The number of alkyl carbamates (subject to hydrolysis) is 1. The number of amides is 2. The van der Waals surface area contributed by atoms with Crippen LogP contribution in [-0.4, -0.2) is 55.0 Å². The fraction of sp³-hybridized carbons (Fsp3) is 0.444. The molecule has 2 aliphatic carbocycles. The van der Waals surface area contributed by atoms with Crippen LogP contribution in [0.2, 0.25) is 0 Å². The Morgan fingerprint density at radius 1 is 1.00 bits per heavy atom. The van der Waals surface area contributed by atoms with Gasteiger partial charge in [-0.2, -0.15) is 0 Å². The molecule has 0 bridgehead atoms. The lowest BCUT2D eigenvalue weighted by Gasteiger charge is -2.26. The van der Waals surface area contributed by atoms with Gasteiger partial charge in [0.2, 0.25) is 0 Å². The number of ether oxygens (including phenoxy) is 2. The van der Waals surface area contributed by atoms with Crippen molar-refractivity contribution in [3.05, 3.63) is 59.7 Å². The first-order chi connectivity index (χ1) is 17.0. The molecule has 2 fully saturated rings. The summed E-state index contributed by atoms with van der Waals surface area (Å²) in [6.07, 6.45) is 1.79. The minimum absolute atomic E-state index is 0.0503. The summed E-state index contributed by atoms with van der Waals surface area (Å²) in [6.45, 7) is 0.584. The monoisotopic (exact) mass is 478 g/mol. The lowest BCUT2D eigenvalue weighted by atomic mass is 9.86. The van der Waals surface area contributed by atoms with Crippen LogP contribution in [0.15, 0.2) is 48.5 Å². The average molecular weight is 479 g/mol. The zero-order chi connectivity index (χ0) is 24.4. The summed E-state index contributed by atoms with van der Waals surface area (Å²) in [5, 5.41) is 15.2. The number of carbonyl (C=O) groups is 3. The van der Waals surface area contributed by atoms with Gasteiger partial charge < -0.3 is 25.2 Å². The number of fused-ring (bicyclic) bond motifs is 3. The van der Waals surface area contributed by atoms with Gasteiger partial charge in [-0.15, -0.1) is 0 Å². The van der Waals surface area contributed by atoms with E-state index >= 15 is 0 Å². The Labute approximate surface area is 204 Å². The highest BCUT2D eigenvalue weighted by molar-refractivity contribution is 5.84. The van der Waals surface area contributed by atoms with Crippen LogP contribution >= 0.6 is 0 Å². The highest BCUT2D eigenvalue weighted by atomic mass is 16.6. The van der Waals surface area contributed by atoms with Crippen LogP contribution in [0.1, 0.15) is 49.1 Å².